The monoisotopic (exact) mass is 451 g/mol. The van der Waals surface area contributed by atoms with Gasteiger partial charge in [-0.15, -0.1) is 0 Å². The second kappa shape index (κ2) is 7.46. The van der Waals surface area contributed by atoms with Crippen molar-refractivity contribution in [1.82, 2.24) is 4.90 Å². The number of nitrogens with one attached hydrogen (secondary N) is 1. The molecule has 1 atom stereocenters. The number of rotatable bonds is 3. The number of fused-ring (bicyclic) bond motifs is 1. The van der Waals surface area contributed by atoms with Crippen molar-refractivity contribution in [3.8, 4) is 0 Å². The van der Waals surface area contributed by atoms with Gasteiger partial charge in [-0.05, 0) is 51.8 Å². The fourth-order valence-corrected chi connectivity index (χ4v) is 3.51. The summed E-state index contributed by atoms with van der Waals surface area (Å²) in [6.07, 6.45) is 0.633. The Hall–Kier alpha value is -2.55. The van der Waals surface area contributed by atoms with Crippen LogP contribution >= 0.6 is 15.9 Å². The highest BCUT2D eigenvalue weighted by atomic mass is 79.9. The van der Waals surface area contributed by atoms with Crippen LogP contribution in [0, 0.1) is 0 Å². The lowest BCUT2D eigenvalue weighted by atomic mass is 10.1. The molecule has 3 N–H and O–H groups in total. The van der Waals surface area contributed by atoms with Gasteiger partial charge in [0.2, 0.25) is 11.7 Å². The summed E-state index contributed by atoms with van der Waals surface area (Å²) in [7, 11) is 0. The molecular formula is C19H22BrN3O5. The molecule has 1 fully saturated rings. The van der Waals surface area contributed by atoms with Crippen molar-refractivity contribution in [2.75, 3.05) is 11.9 Å². The minimum atomic E-state index is -0.793. The van der Waals surface area contributed by atoms with Crippen molar-refractivity contribution in [3.05, 3.63) is 28.4 Å². The van der Waals surface area contributed by atoms with Crippen LogP contribution in [0.5, 0.6) is 0 Å². The van der Waals surface area contributed by atoms with Crippen molar-refractivity contribution in [3.63, 3.8) is 0 Å². The van der Waals surface area contributed by atoms with Gasteiger partial charge in [0.25, 0.3) is 5.91 Å². The Balaban J connectivity index is 1.88. The van der Waals surface area contributed by atoms with E-state index in [0.717, 1.165) is 4.47 Å². The average Bonchev–Trinajstić information content (AvgIpc) is 3.18. The first-order valence-electron chi connectivity index (χ1n) is 8.89. The minimum Gasteiger partial charge on any atom is -0.449 e. The fourth-order valence-electron chi connectivity index (χ4n) is 3.15. The van der Waals surface area contributed by atoms with Gasteiger partial charge in [0.15, 0.2) is 0 Å². The van der Waals surface area contributed by atoms with Crippen LogP contribution in [-0.2, 0) is 9.53 Å². The van der Waals surface area contributed by atoms with E-state index in [0.29, 0.717) is 30.4 Å². The van der Waals surface area contributed by atoms with E-state index >= 15 is 0 Å². The topological polar surface area (TPSA) is 115 Å². The normalized spacial score (nSPS) is 17.0. The van der Waals surface area contributed by atoms with Crippen LogP contribution in [0.2, 0.25) is 0 Å². The van der Waals surface area contributed by atoms with Gasteiger partial charge >= 0.3 is 6.09 Å². The van der Waals surface area contributed by atoms with Crippen LogP contribution in [-0.4, -0.2) is 41.0 Å². The molecule has 3 amide bonds. The molecule has 28 heavy (non-hydrogen) atoms. The number of hydrogen-bond acceptors (Lipinski definition) is 5. The number of hydrogen-bond donors (Lipinski definition) is 2. The molecule has 0 saturated carbocycles. The Bertz CT molecular complexity index is 947. The standard InChI is InChI=1S/C19H22BrN3O5/c1-19(2,3)28-18(26)23-8-4-5-12(23)17(25)22-14-11-9-10(20)6-7-13(11)27-15(14)16(21)24/h6-7,9,12H,4-5,8H2,1-3H3,(H2,21,24)(H,22,25). The molecule has 0 spiro atoms. The molecule has 9 heteroatoms. The summed E-state index contributed by atoms with van der Waals surface area (Å²) >= 11 is 3.36. The van der Waals surface area contributed by atoms with Gasteiger partial charge in [0, 0.05) is 16.4 Å². The van der Waals surface area contributed by atoms with Gasteiger partial charge in [0.05, 0.1) is 0 Å². The highest BCUT2D eigenvalue weighted by Crippen LogP contribution is 2.33. The molecule has 1 unspecified atom stereocenters. The Kier molecular flexibility index (Phi) is 5.38. The molecule has 1 saturated heterocycles. The van der Waals surface area contributed by atoms with Crippen molar-refractivity contribution in [2.45, 2.75) is 45.3 Å². The van der Waals surface area contributed by atoms with Crippen molar-refractivity contribution in [1.29, 1.82) is 0 Å². The molecule has 8 nitrogen and oxygen atoms in total. The third-order valence-corrected chi connectivity index (χ3v) is 4.80. The van der Waals surface area contributed by atoms with Crippen LogP contribution in [0.3, 0.4) is 0 Å². The average molecular weight is 452 g/mol. The zero-order valence-electron chi connectivity index (χ0n) is 15.9. The third-order valence-electron chi connectivity index (χ3n) is 4.31. The number of benzene rings is 1. The van der Waals surface area contributed by atoms with E-state index < -0.39 is 29.6 Å². The first kappa shape index (κ1) is 20.2. The largest absolute Gasteiger partial charge is 0.449 e. The smallest absolute Gasteiger partial charge is 0.410 e. The molecule has 2 aromatic rings. The molecule has 1 aromatic heterocycles. The quantitative estimate of drug-likeness (QED) is 0.738. The molecule has 1 aliphatic rings. The first-order chi connectivity index (χ1) is 13.1. The molecule has 150 valence electrons. The molecule has 2 heterocycles. The van der Waals surface area contributed by atoms with Crippen molar-refractivity contribution >= 4 is 50.5 Å². The van der Waals surface area contributed by atoms with Gasteiger partial charge in [-0.3, -0.25) is 14.5 Å². The lowest BCUT2D eigenvalue weighted by Gasteiger charge is -2.28. The van der Waals surface area contributed by atoms with Gasteiger partial charge in [-0.1, -0.05) is 15.9 Å². The molecule has 0 radical (unpaired) electrons. The number of halogens is 1. The summed E-state index contributed by atoms with van der Waals surface area (Å²) in [6, 6.07) is 4.45. The van der Waals surface area contributed by atoms with Crippen LogP contribution < -0.4 is 11.1 Å². The predicted octanol–water partition coefficient (Wildman–Crippen LogP) is 3.63. The van der Waals surface area contributed by atoms with E-state index in [-0.39, 0.29) is 11.4 Å². The number of carbonyl (C=O) groups is 3. The van der Waals surface area contributed by atoms with E-state index in [4.69, 9.17) is 14.9 Å². The number of amides is 3. The van der Waals surface area contributed by atoms with E-state index in [1.165, 1.54) is 4.90 Å². The summed E-state index contributed by atoms with van der Waals surface area (Å²) < 4.78 is 11.7. The SMILES string of the molecule is CC(C)(C)OC(=O)N1CCCC1C(=O)Nc1c(C(N)=O)oc2ccc(Br)cc12. The number of primary amides is 1. The Morgan fingerprint density at radius 1 is 1.32 bits per heavy atom. The predicted molar refractivity (Wildman–Crippen MR) is 107 cm³/mol. The number of likely N-dealkylation sites (tertiary alicyclic amines) is 1. The molecule has 0 bridgehead atoms. The molecule has 0 aliphatic carbocycles. The summed E-state index contributed by atoms with van der Waals surface area (Å²) in [5.74, 6) is -1.35. The van der Waals surface area contributed by atoms with Crippen LogP contribution in [0.4, 0.5) is 10.5 Å². The molecule has 1 aromatic carbocycles. The van der Waals surface area contributed by atoms with Gasteiger partial charge in [-0.25, -0.2) is 4.79 Å². The van der Waals surface area contributed by atoms with E-state index in [1.54, 1.807) is 39.0 Å². The maximum Gasteiger partial charge on any atom is 0.410 e. The molecule has 3 rings (SSSR count). The van der Waals surface area contributed by atoms with Crippen LogP contribution in [0.25, 0.3) is 11.0 Å². The number of ether oxygens (including phenoxy) is 1. The maximum absolute atomic E-state index is 12.9. The van der Waals surface area contributed by atoms with Crippen LogP contribution in [0.1, 0.15) is 44.2 Å². The zero-order chi connectivity index (χ0) is 20.6. The van der Waals surface area contributed by atoms with Crippen molar-refractivity contribution < 1.29 is 23.5 Å². The molecular weight excluding hydrogens is 430 g/mol. The summed E-state index contributed by atoms with van der Waals surface area (Å²) in [6.45, 7) is 5.73. The maximum atomic E-state index is 12.9. The minimum absolute atomic E-state index is 0.136. The number of anilines is 1. The number of furan rings is 1. The summed E-state index contributed by atoms with van der Waals surface area (Å²) in [5, 5.41) is 3.27. The summed E-state index contributed by atoms with van der Waals surface area (Å²) in [5.41, 5.74) is 5.37. The zero-order valence-corrected chi connectivity index (χ0v) is 17.5. The molecule has 1 aliphatic heterocycles. The third kappa shape index (κ3) is 4.14. The van der Waals surface area contributed by atoms with Gasteiger partial charge in [0.1, 0.15) is 22.9 Å². The highest BCUT2D eigenvalue weighted by molar-refractivity contribution is 9.10. The van der Waals surface area contributed by atoms with Gasteiger partial charge < -0.3 is 20.2 Å². The van der Waals surface area contributed by atoms with Crippen LogP contribution in [0.15, 0.2) is 27.1 Å². The van der Waals surface area contributed by atoms with E-state index in [1.807, 2.05) is 0 Å². The lowest BCUT2D eigenvalue weighted by Crippen LogP contribution is -2.45. The van der Waals surface area contributed by atoms with E-state index in [2.05, 4.69) is 21.2 Å². The lowest BCUT2D eigenvalue weighted by molar-refractivity contribution is -0.120. The Labute approximate surface area is 170 Å². The Morgan fingerprint density at radius 3 is 2.68 bits per heavy atom. The van der Waals surface area contributed by atoms with E-state index in [9.17, 15) is 14.4 Å². The highest BCUT2D eigenvalue weighted by Gasteiger charge is 2.37. The number of nitrogens with two attached hydrogens (primary N) is 1. The summed E-state index contributed by atoms with van der Waals surface area (Å²) in [4.78, 5) is 38.6. The second-order valence-electron chi connectivity index (χ2n) is 7.63. The fraction of sp³-hybridized carbons (Fsp3) is 0.421. The van der Waals surface area contributed by atoms with Gasteiger partial charge in [-0.2, -0.15) is 0 Å². The number of nitrogens with zero attached hydrogens (tertiary/aromatic N) is 1. The first-order valence-corrected chi connectivity index (χ1v) is 9.68. The second-order valence-corrected chi connectivity index (χ2v) is 8.55. The van der Waals surface area contributed by atoms with Crippen molar-refractivity contribution in [2.24, 2.45) is 5.73 Å². The number of carbonyl (C=O) groups excluding carboxylic acids is 3. The Morgan fingerprint density at radius 2 is 2.04 bits per heavy atom.